The zero-order chi connectivity index (χ0) is 17.2. The van der Waals surface area contributed by atoms with Gasteiger partial charge in [0, 0.05) is 5.92 Å². The molecular weight excluding hydrogens is 304 g/mol. The van der Waals surface area contributed by atoms with Gasteiger partial charge in [0.15, 0.2) is 11.5 Å². The van der Waals surface area contributed by atoms with Gasteiger partial charge in [-0.1, -0.05) is 19.8 Å². The minimum Gasteiger partial charge on any atom is -0.493 e. The van der Waals surface area contributed by atoms with E-state index in [1.54, 1.807) is 13.3 Å². The minimum atomic E-state index is 0.0542. The first-order valence-corrected chi connectivity index (χ1v) is 8.74. The van der Waals surface area contributed by atoms with Crippen LogP contribution in [0.25, 0.3) is 0 Å². The highest BCUT2D eigenvalue weighted by atomic mass is 16.5. The second kappa shape index (κ2) is 6.83. The highest BCUT2D eigenvalue weighted by Gasteiger charge is 2.64. The van der Waals surface area contributed by atoms with Crippen LogP contribution in [0.1, 0.15) is 45.1 Å². The summed E-state index contributed by atoms with van der Waals surface area (Å²) in [6.07, 6.45) is 6.47. The molecule has 1 aromatic carbocycles. The average molecular weight is 330 g/mol. The molecule has 0 spiro atoms. The van der Waals surface area contributed by atoms with Gasteiger partial charge < -0.3 is 9.47 Å². The summed E-state index contributed by atoms with van der Waals surface area (Å²) in [7, 11) is 1.61. The van der Waals surface area contributed by atoms with Gasteiger partial charge in [-0.05, 0) is 54.9 Å². The Bertz CT molecular complexity index is 643. The standard InChI is InChI=1S/C19H26N2O3/c1-4-24-15-9-8-13(11-16(15)23-3)12-20-21-18(22)17-14-7-5-6-10-19(14,17)2/h8-9,11-12,14,17H,4-7,10H2,1-3H3,(H,21,22)/b20-12+. The number of benzene rings is 1. The molecule has 0 heterocycles. The number of amides is 1. The summed E-state index contributed by atoms with van der Waals surface area (Å²) < 4.78 is 10.8. The van der Waals surface area contributed by atoms with Crippen LogP contribution in [-0.4, -0.2) is 25.8 Å². The van der Waals surface area contributed by atoms with Gasteiger partial charge in [0.2, 0.25) is 5.91 Å². The van der Waals surface area contributed by atoms with Gasteiger partial charge in [-0.25, -0.2) is 5.43 Å². The Labute approximate surface area is 143 Å². The zero-order valence-electron chi connectivity index (χ0n) is 14.7. The van der Waals surface area contributed by atoms with E-state index >= 15 is 0 Å². The molecule has 0 radical (unpaired) electrons. The lowest BCUT2D eigenvalue weighted by Gasteiger charge is -2.15. The lowest BCUT2D eigenvalue weighted by atomic mass is 9.90. The summed E-state index contributed by atoms with van der Waals surface area (Å²) in [6.45, 7) is 4.75. The molecule has 2 fully saturated rings. The maximum absolute atomic E-state index is 12.4. The molecular formula is C19H26N2O3. The number of carbonyl (C=O) groups is 1. The van der Waals surface area contributed by atoms with Crippen LogP contribution < -0.4 is 14.9 Å². The number of rotatable bonds is 6. The first-order chi connectivity index (χ1) is 11.6. The maximum atomic E-state index is 12.4. The van der Waals surface area contributed by atoms with E-state index in [4.69, 9.17) is 9.47 Å². The van der Waals surface area contributed by atoms with Gasteiger partial charge in [-0.3, -0.25) is 4.79 Å². The number of hydrogen-bond donors (Lipinski definition) is 1. The van der Waals surface area contributed by atoms with E-state index in [0.29, 0.717) is 24.0 Å². The number of nitrogens with one attached hydrogen (secondary N) is 1. The second-order valence-corrected chi connectivity index (χ2v) is 6.91. The van der Waals surface area contributed by atoms with Crippen LogP contribution in [0.4, 0.5) is 0 Å². The van der Waals surface area contributed by atoms with Crippen LogP contribution in [0, 0.1) is 17.3 Å². The highest BCUT2D eigenvalue weighted by Crippen LogP contribution is 2.66. The molecule has 3 rings (SSSR count). The summed E-state index contributed by atoms with van der Waals surface area (Å²) >= 11 is 0. The molecule has 1 amide bonds. The van der Waals surface area contributed by atoms with Crippen LogP contribution >= 0.6 is 0 Å². The Balaban J connectivity index is 1.59. The summed E-state index contributed by atoms with van der Waals surface area (Å²) in [5.41, 5.74) is 3.78. The minimum absolute atomic E-state index is 0.0542. The highest BCUT2D eigenvalue weighted by molar-refractivity contribution is 5.86. The molecule has 2 aliphatic rings. The van der Waals surface area contributed by atoms with Crippen molar-refractivity contribution in [3.8, 4) is 11.5 Å². The number of nitrogens with zero attached hydrogens (tertiary/aromatic N) is 1. The Hall–Kier alpha value is -2.04. The Morgan fingerprint density at radius 2 is 2.25 bits per heavy atom. The molecule has 2 aliphatic carbocycles. The second-order valence-electron chi connectivity index (χ2n) is 6.91. The smallest absolute Gasteiger partial charge is 0.244 e. The van der Waals surface area contributed by atoms with Crippen LogP contribution in [0.5, 0.6) is 11.5 Å². The van der Waals surface area contributed by atoms with E-state index in [1.807, 2.05) is 25.1 Å². The van der Waals surface area contributed by atoms with Gasteiger partial charge in [-0.15, -0.1) is 0 Å². The van der Waals surface area contributed by atoms with Crippen molar-refractivity contribution in [1.82, 2.24) is 5.43 Å². The van der Waals surface area contributed by atoms with Crippen LogP contribution in [0.15, 0.2) is 23.3 Å². The third kappa shape index (κ3) is 3.12. The fourth-order valence-corrected chi connectivity index (χ4v) is 4.13. The van der Waals surface area contributed by atoms with E-state index in [1.165, 1.54) is 19.3 Å². The molecule has 5 heteroatoms. The van der Waals surface area contributed by atoms with E-state index in [2.05, 4.69) is 17.5 Å². The van der Waals surface area contributed by atoms with Crippen molar-refractivity contribution in [2.75, 3.05) is 13.7 Å². The Morgan fingerprint density at radius 3 is 2.92 bits per heavy atom. The third-order valence-electron chi connectivity index (χ3n) is 5.49. The molecule has 0 aromatic heterocycles. The molecule has 1 N–H and O–H groups in total. The predicted molar refractivity (Wildman–Crippen MR) is 93.5 cm³/mol. The SMILES string of the molecule is CCOc1ccc(/C=N/NC(=O)C2C3CCCCC32C)cc1OC. The molecule has 3 unspecified atom stereocenters. The van der Waals surface area contributed by atoms with Gasteiger partial charge in [0.25, 0.3) is 0 Å². The number of carbonyl (C=O) groups excluding carboxylic acids is 1. The number of hydrogen-bond acceptors (Lipinski definition) is 4. The van der Waals surface area contributed by atoms with E-state index < -0.39 is 0 Å². The monoisotopic (exact) mass is 330 g/mol. The summed E-state index contributed by atoms with van der Waals surface area (Å²) in [4.78, 5) is 12.4. The van der Waals surface area contributed by atoms with Crippen molar-refractivity contribution < 1.29 is 14.3 Å². The summed E-state index contributed by atoms with van der Waals surface area (Å²) in [5, 5.41) is 4.12. The van der Waals surface area contributed by atoms with Crippen molar-refractivity contribution in [2.45, 2.75) is 39.5 Å². The molecule has 5 nitrogen and oxygen atoms in total. The molecule has 2 saturated carbocycles. The molecule has 0 saturated heterocycles. The van der Waals surface area contributed by atoms with Crippen LogP contribution in [0.2, 0.25) is 0 Å². The number of hydrazone groups is 1. The molecule has 3 atom stereocenters. The van der Waals surface area contributed by atoms with Crippen molar-refractivity contribution in [3.63, 3.8) is 0 Å². The molecule has 0 aliphatic heterocycles. The average Bonchev–Trinajstić information content (AvgIpc) is 3.21. The van der Waals surface area contributed by atoms with Gasteiger partial charge in [-0.2, -0.15) is 5.10 Å². The molecule has 0 bridgehead atoms. The van der Waals surface area contributed by atoms with Gasteiger partial charge in [0.05, 0.1) is 19.9 Å². The van der Waals surface area contributed by atoms with Gasteiger partial charge in [0.1, 0.15) is 0 Å². The normalized spacial score (nSPS) is 28.3. The van der Waals surface area contributed by atoms with Gasteiger partial charge >= 0.3 is 0 Å². The van der Waals surface area contributed by atoms with Crippen molar-refractivity contribution in [1.29, 1.82) is 0 Å². The van der Waals surface area contributed by atoms with Crippen LogP contribution in [0.3, 0.4) is 0 Å². The molecule has 130 valence electrons. The van der Waals surface area contributed by atoms with E-state index in [0.717, 1.165) is 12.0 Å². The Kier molecular flexibility index (Phi) is 4.78. The zero-order valence-corrected chi connectivity index (χ0v) is 14.7. The van der Waals surface area contributed by atoms with E-state index in [9.17, 15) is 4.79 Å². The summed E-state index contributed by atoms with van der Waals surface area (Å²) in [6, 6.07) is 5.59. The number of fused-ring (bicyclic) bond motifs is 1. The summed E-state index contributed by atoms with van der Waals surface area (Å²) in [5.74, 6) is 2.10. The first-order valence-electron chi connectivity index (χ1n) is 8.74. The third-order valence-corrected chi connectivity index (χ3v) is 5.49. The number of methoxy groups -OCH3 is 1. The fourth-order valence-electron chi connectivity index (χ4n) is 4.13. The maximum Gasteiger partial charge on any atom is 0.244 e. The lowest BCUT2D eigenvalue weighted by molar-refractivity contribution is -0.123. The van der Waals surface area contributed by atoms with Crippen molar-refractivity contribution in [3.05, 3.63) is 23.8 Å². The largest absolute Gasteiger partial charge is 0.493 e. The predicted octanol–water partition coefficient (Wildman–Crippen LogP) is 3.37. The topological polar surface area (TPSA) is 59.9 Å². The number of ether oxygens (including phenoxy) is 2. The molecule has 24 heavy (non-hydrogen) atoms. The van der Waals surface area contributed by atoms with Crippen molar-refractivity contribution >= 4 is 12.1 Å². The van der Waals surface area contributed by atoms with Crippen molar-refractivity contribution in [2.24, 2.45) is 22.4 Å². The quantitative estimate of drug-likeness (QED) is 0.642. The van der Waals surface area contributed by atoms with E-state index in [-0.39, 0.29) is 17.2 Å². The first kappa shape index (κ1) is 16.8. The fraction of sp³-hybridized carbons (Fsp3) is 0.579. The Morgan fingerprint density at radius 1 is 1.42 bits per heavy atom. The molecule has 1 aromatic rings. The lowest BCUT2D eigenvalue weighted by Crippen LogP contribution is -2.22. The van der Waals surface area contributed by atoms with Crippen LogP contribution in [-0.2, 0) is 4.79 Å².